The quantitative estimate of drug-likeness (QED) is 0.272. The number of carbonyl (C=O) groups is 2. The van der Waals surface area contributed by atoms with Crippen molar-refractivity contribution >= 4 is 47.7 Å². The predicted octanol–water partition coefficient (Wildman–Crippen LogP) is 4.11. The first-order valence-electron chi connectivity index (χ1n) is 14.4. The zero-order valence-corrected chi connectivity index (χ0v) is 27.2. The number of nitrogens with zero attached hydrogens (tertiary/aromatic N) is 6. The number of benzene rings is 1. The summed E-state index contributed by atoms with van der Waals surface area (Å²) in [5, 5.41) is 5.18. The van der Waals surface area contributed by atoms with Crippen LogP contribution >= 0.6 is 23.2 Å². The summed E-state index contributed by atoms with van der Waals surface area (Å²) in [7, 11) is 5.04. The third-order valence-corrected chi connectivity index (χ3v) is 8.23. The molecule has 1 N–H and O–H groups in total. The molecule has 3 rings (SSSR count). The molecule has 1 aromatic rings. The zero-order chi connectivity index (χ0) is 31.5. The number of guanidine groups is 1. The van der Waals surface area contributed by atoms with E-state index in [1.54, 1.807) is 25.3 Å². The molecule has 11 nitrogen and oxygen atoms in total. The first-order valence-corrected chi connectivity index (χ1v) is 15.1. The van der Waals surface area contributed by atoms with Crippen LogP contribution in [0.1, 0.15) is 44.6 Å². The van der Waals surface area contributed by atoms with Gasteiger partial charge in [-0.25, -0.2) is 4.99 Å². The van der Waals surface area contributed by atoms with E-state index in [0.717, 1.165) is 42.5 Å². The molecular formula is C30H43Cl2N7O4. The second-order valence-electron chi connectivity index (χ2n) is 10.5. The summed E-state index contributed by atoms with van der Waals surface area (Å²) in [6.45, 7) is 12.9. The fraction of sp³-hybridized carbons (Fsp3) is 0.533. The Kier molecular flexibility index (Phi) is 13.5. The summed E-state index contributed by atoms with van der Waals surface area (Å²) in [5.74, 6) is -0.412. The van der Waals surface area contributed by atoms with Gasteiger partial charge in [0.15, 0.2) is 5.82 Å². The minimum absolute atomic E-state index is 0.0922. The number of aliphatic imine (C=N–C) groups is 2. The summed E-state index contributed by atoms with van der Waals surface area (Å²) in [4.78, 5) is 47.0. The van der Waals surface area contributed by atoms with Gasteiger partial charge in [-0.1, -0.05) is 29.3 Å². The molecule has 0 aromatic heterocycles. The van der Waals surface area contributed by atoms with Crippen LogP contribution in [0.15, 0.2) is 51.5 Å². The maximum atomic E-state index is 13.5. The maximum Gasteiger partial charge on any atom is 0.260 e. The normalized spacial score (nSPS) is 18.8. The molecule has 1 unspecified atom stereocenters. The van der Waals surface area contributed by atoms with Crippen molar-refractivity contribution in [3.63, 3.8) is 0 Å². The van der Waals surface area contributed by atoms with Crippen LogP contribution in [0.3, 0.4) is 0 Å². The lowest BCUT2D eigenvalue weighted by Gasteiger charge is -2.34. The Morgan fingerprint density at radius 1 is 1.19 bits per heavy atom. The van der Waals surface area contributed by atoms with Crippen molar-refractivity contribution in [3.8, 4) is 0 Å². The number of amides is 2. The molecule has 0 bridgehead atoms. The number of piperazine rings is 1. The number of carbonyl (C=O) groups excluding carboxylic acids is 2. The van der Waals surface area contributed by atoms with Gasteiger partial charge in [0.2, 0.25) is 11.9 Å². The fourth-order valence-corrected chi connectivity index (χ4v) is 5.66. The van der Waals surface area contributed by atoms with Crippen LogP contribution < -0.4 is 5.32 Å². The lowest BCUT2D eigenvalue weighted by molar-refractivity contribution is -0.169. The number of halogens is 2. The average Bonchev–Trinajstić information content (AvgIpc) is 3.00. The van der Waals surface area contributed by atoms with E-state index in [4.69, 9.17) is 32.8 Å². The van der Waals surface area contributed by atoms with Crippen molar-refractivity contribution in [2.24, 2.45) is 9.98 Å². The summed E-state index contributed by atoms with van der Waals surface area (Å²) < 4.78 is 5.17. The SMILES string of the molecule is C=N/C(=N\C1=C(C)CC(c2c(Cl)cccc2Cl)C(=O)N1OC)N/C(=C/N(C)CC)CCC(=O)N1CCN(CCOC)CC1. The number of methoxy groups -OCH3 is 1. The molecule has 2 amide bonds. The molecular weight excluding hydrogens is 593 g/mol. The summed E-state index contributed by atoms with van der Waals surface area (Å²) in [6, 6.07) is 5.15. The molecule has 1 saturated heterocycles. The van der Waals surface area contributed by atoms with Crippen molar-refractivity contribution in [1.29, 1.82) is 0 Å². The van der Waals surface area contributed by atoms with Gasteiger partial charge in [0.25, 0.3) is 5.91 Å². The second-order valence-corrected chi connectivity index (χ2v) is 11.3. The lowest BCUT2D eigenvalue weighted by atomic mass is 9.88. The number of hydrogen-bond acceptors (Lipinski definition) is 7. The summed E-state index contributed by atoms with van der Waals surface area (Å²) >= 11 is 12.9. The van der Waals surface area contributed by atoms with Crippen LogP contribution in [-0.4, -0.2) is 111 Å². The first kappa shape index (κ1) is 34.5. The van der Waals surface area contributed by atoms with Gasteiger partial charge in [-0.2, -0.15) is 10.1 Å². The highest BCUT2D eigenvalue weighted by Gasteiger charge is 2.37. The Morgan fingerprint density at radius 2 is 1.86 bits per heavy atom. The second kappa shape index (κ2) is 16.8. The minimum atomic E-state index is -0.630. The van der Waals surface area contributed by atoms with E-state index in [0.29, 0.717) is 60.4 Å². The lowest BCUT2D eigenvalue weighted by Crippen LogP contribution is -2.49. The number of ether oxygens (including phenoxy) is 1. The number of hydroxylamine groups is 2. The Hall–Kier alpha value is -2.96. The molecule has 2 heterocycles. The van der Waals surface area contributed by atoms with Gasteiger partial charge in [0.05, 0.1) is 19.6 Å². The Balaban J connectivity index is 1.77. The van der Waals surface area contributed by atoms with Gasteiger partial charge in [-0.3, -0.25) is 19.3 Å². The fourth-order valence-electron chi connectivity index (χ4n) is 4.99. The van der Waals surface area contributed by atoms with E-state index in [1.807, 2.05) is 36.9 Å². The van der Waals surface area contributed by atoms with Crippen LogP contribution in [0, 0.1) is 0 Å². The Morgan fingerprint density at radius 3 is 2.44 bits per heavy atom. The van der Waals surface area contributed by atoms with E-state index in [1.165, 1.54) is 7.11 Å². The smallest absolute Gasteiger partial charge is 0.260 e. The highest BCUT2D eigenvalue weighted by Crippen LogP contribution is 2.40. The average molecular weight is 637 g/mol. The Labute approximate surface area is 264 Å². The molecule has 2 aliphatic heterocycles. The van der Waals surface area contributed by atoms with Gasteiger partial charge in [-0.15, -0.1) is 0 Å². The zero-order valence-electron chi connectivity index (χ0n) is 25.7. The van der Waals surface area contributed by atoms with Crippen molar-refractivity contribution in [2.45, 2.75) is 39.0 Å². The monoisotopic (exact) mass is 635 g/mol. The van der Waals surface area contributed by atoms with Gasteiger partial charge in [0, 0.05) is 87.4 Å². The van der Waals surface area contributed by atoms with E-state index in [-0.39, 0.29) is 17.8 Å². The number of nitrogens with one attached hydrogen (secondary N) is 1. The molecule has 236 valence electrons. The highest BCUT2D eigenvalue weighted by atomic mass is 35.5. The molecule has 1 fully saturated rings. The van der Waals surface area contributed by atoms with Crippen LogP contribution in [-0.2, 0) is 19.2 Å². The van der Waals surface area contributed by atoms with Gasteiger partial charge < -0.3 is 19.9 Å². The van der Waals surface area contributed by atoms with E-state index < -0.39 is 5.92 Å². The molecule has 1 atom stereocenters. The molecule has 0 radical (unpaired) electrons. The largest absolute Gasteiger partial charge is 0.383 e. The van der Waals surface area contributed by atoms with Crippen LogP contribution in [0.4, 0.5) is 0 Å². The molecule has 1 aromatic carbocycles. The van der Waals surface area contributed by atoms with Crippen molar-refractivity contribution < 1.29 is 19.2 Å². The molecule has 0 spiro atoms. The van der Waals surface area contributed by atoms with Crippen LogP contribution in [0.5, 0.6) is 0 Å². The molecule has 0 aliphatic carbocycles. The van der Waals surface area contributed by atoms with Gasteiger partial charge >= 0.3 is 0 Å². The summed E-state index contributed by atoms with van der Waals surface area (Å²) in [5.41, 5.74) is 2.07. The van der Waals surface area contributed by atoms with E-state index in [2.05, 4.69) is 26.9 Å². The van der Waals surface area contributed by atoms with E-state index in [9.17, 15) is 9.59 Å². The standard InChI is InChI=1S/C30H43Cl2N7O4/c1-7-36(4)20-22(11-12-26(40)38-15-13-37(14-16-38)17-18-42-5)34-30(33-3)35-28-21(2)19-23(29(41)39(28)43-6)27-24(31)9-8-10-25(27)32/h8-10,20,23H,3,7,11-19H2,1-2,4-6H3,(H,34,35)/b22-20+. The maximum absolute atomic E-state index is 13.5. The van der Waals surface area contributed by atoms with Crippen LogP contribution in [0.2, 0.25) is 10.0 Å². The molecule has 0 saturated carbocycles. The van der Waals surface area contributed by atoms with Crippen molar-refractivity contribution in [3.05, 3.63) is 57.1 Å². The predicted molar refractivity (Wildman–Crippen MR) is 171 cm³/mol. The minimum Gasteiger partial charge on any atom is -0.383 e. The third kappa shape index (κ3) is 9.26. The topological polar surface area (TPSA) is 102 Å². The van der Waals surface area contributed by atoms with Crippen molar-refractivity contribution in [2.75, 3.05) is 67.1 Å². The van der Waals surface area contributed by atoms with Crippen LogP contribution in [0.25, 0.3) is 0 Å². The summed E-state index contributed by atoms with van der Waals surface area (Å²) in [6.07, 6.45) is 3.04. The first-order chi connectivity index (χ1) is 20.6. The van der Waals surface area contributed by atoms with Gasteiger partial charge in [-0.05, 0) is 51.1 Å². The number of allylic oxidation sites excluding steroid dienone is 2. The van der Waals surface area contributed by atoms with E-state index >= 15 is 0 Å². The van der Waals surface area contributed by atoms with Gasteiger partial charge in [0.1, 0.15) is 0 Å². The third-order valence-electron chi connectivity index (χ3n) is 7.57. The number of rotatable bonds is 12. The Bertz CT molecular complexity index is 1220. The van der Waals surface area contributed by atoms with Crippen molar-refractivity contribution in [1.82, 2.24) is 25.1 Å². The number of hydrogen-bond donors (Lipinski definition) is 1. The highest BCUT2D eigenvalue weighted by molar-refractivity contribution is 6.36. The molecule has 2 aliphatic rings. The molecule has 13 heteroatoms. The molecule has 43 heavy (non-hydrogen) atoms.